The van der Waals surface area contributed by atoms with E-state index in [1.807, 2.05) is 18.2 Å². The first-order valence-electron chi connectivity index (χ1n) is 7.26. The van der Waals surface area contributed by atoms with Gasteiger partial charge in [-0.1, -0.05) is 22.9 Å². The van der Waals surface area contributed by atoms with Crippen LogP contribution in [-0.2, 0) is 4.79 Å². The molecule has 1 fully saturated rings. The Bertz CT molecular complexity index is 520. The highest BCUT2D eigenvalue weighted by molar-refractivity contribution is 9.10. The Kier molecular flexibility index (Phi) is 4.10. The molecule has 1 aromatic carbocycles. The van der Waals surface area contributed by atoms with Crippen molar-refractivity contribution in [2.45, 2.75) is 31.8 Å². The van der Waals surface area contributed by atoms with Gasteiger partial charge in [-0.3, -0.25) is 9.69 Å². The summed E-state index contributed by atoms with van der Waals surface area (Å²) in [7, 11) is 0. The molecule has 5 heteroatoms. The summed E-state index contributed by atoms with van der Waals surface area (Å²) in [5.41, 5.74) is 1.97. The lowest BCUT2D eigenvalue weighted by Crippen LogP contribution is -2.40. The molecule has 0 spiro atoms. The van der Waals surface area contributed by atoms with E-state index in [4.69, 9.17) is 0 Å². The first-order chi connectivity index (χ1) is 9.69. The predicted molar refractivity (Wildman–Crippen MR) is 83.8 cm³/mol. The van der Waals surface area contributed by atoms with Crippen molar-refractivity contribution in [2.75, 3.05) is 25.0 Å². The van der Waals surface area contributed by atoms with Crippen molar-refractivity contribution in [1.82, 2.24) is 10.2 Å². The van der Waals surface area contributed by atoms with Gasteiger partial charge in [0.1, 0.15) is 6.04 Å². The largest absolute Gasteiger partial charge is 0.324 e. The summed E-state index contributed by atoms with van der Waals surface area (Å²) in [6.45, 7) is 5.35. The van der Waals surface area contributed by atoms with Crippen molar-refractivity contribution in [3.8, 4) is 0 Å². The molecule has 0 aliphatic carbocycles. The highest BCUT2D eigenvalue weighted by Gasteiger charge is 2.32. The minimum Gasteiger partial charge on any atom is -0.324 e. The second kappa shape index (κ2) is 5.84. The molecule has 2 aliphatic rings. The molecule has 3 rings (SSSR count). The summed E-state index contributed by atoms with van der Waals surface area (Å²) in [6, 6.07) is 6.27. The Morgan fingerprint density at radius 1 is 1.50 bits per heavy atom. The quantitative estimate of drug-likeness (QED) is 0.887. The summed E-state index contributed by atoms with van der Waals surface area (Å²) >= 11 is 3.48. The van der Waals surface area contributed by atoms with Crippen LogP contribution in [0.25, 0.3) is 0 Å². The summed E-state index contributed by atoms with van der Waals surface area (Å²) in [5, 5.41) is 6.39. The summed E-state index contributed by atoms with van der Waals surface area (Å²) in [4.78, 5) is 14.6. The standard InChI is InChI=1S/C15H20BrN3O/c1-2-19-7-3-4-11(19)9-17-14-12-8-10(16)5-6-13(12)18-15(14)20/h5-6,8,11,14,17H,2-4,7,9H2,1H3,(H,18,20). The van der Waals surface area contributed by atoms with E-state index >= 15 is 0 Å². The molecule has 2 aliphatic heterocycles. The second-order valence-electron chi connectivity index (χ2n) is 5.49. The Morgan fingerprint density at radius 3 is 3.15 bits per heavy atom. The van der Waals surface area contributed by atoms with Crippen molar-refractivity contribution in [2.24, 2.45) is 0 Å². The molecule has 1 aromatic rings. The van der Waals surface area contributed by atoms with E-state index in [9.17, 15) is 4.79 Å². The van der Waals surface area contributed by atoms with Crippen molar-refractivity contribution in [1.29, 1.82) is 0 Å². The molecule has 0 saturated carbocycles. The number of benzene rings is 1. The van der Waals surface area contributed by atoms with Gasteiger partial charge in [-0.05, 0) is 44.1 Å². The zero-order valence-corrected chi connectivity index (χ0v) is 13.2. The fraction of sp³-hybridized carbons (Fsp3) is 0.533. The van der Waals surface area contributed by atoms with Crippen LogP contribution in [0.4, 0.5) is 5.69 Å². The fourth-order valence-electron chi connectivity index (χ4n) is 3.23. The molecule has 0 bridgehead atoms. The van der Waals surface area contributed by atoms with E-state index in [1.165, 1.54) is 19.4 Å². The van der Waals surface area contributed by atoms with Crippen molar-refractivity contribution < 1.29 is 4.79 Å². The average Bonchev–Trinajstić information content (AvgIpc) is 3.00. The monoisotopic (exact) mass is 337 g/mol. The number of carbonyl (C=O) groups is 1. The van der Waals surface area contributed by atoms with E-state index in [2.05, 4.69) is 38.4 Å². The Morgan fingerprint density at radius 2 is 2.35 bits per heavy atom. The maximum Gasteiger partial charge on any atom is 0.246 e. The van der Waals surface area contributed by atoms with Gasteiger partial charge in [-0.2, -0.15) is 0 Å². The second-order valence-corrected chi connectivity index (χ2v) is 6.40. The van der Waals surface area contributed by atoms with Crippen LogP contribution in [0.15, 0.2) is 22.7 Å². The molecule has 2 heterocycles. The number of hydrogen-bond donors (Lipinski definition) is 2. The third-order valence-electron chi connectivity index (χ3n) is 4.31. The highest BCUT2D eigenvalue weighted by atomic mass is 79.9. The summed E-state index contributed by atoms with van der Waals surface area (Å²) in [5.74, 6) is 0.0548. The first-order valence-corrected chi connectivity index (χ1v) is 8.06. The number of likely N-dealkylation sites (tertiary alicyclic amines) is 1. The molecule has 2 atom stereocenters. The van der Waals surface area contributed by atoms with E-state index in [0.717, 1.165) is 28.8 Å². The number of amides is 1. The van der Waals surface area contributed by atoms with Gasteiger partial charge in [0.2, 0.25) is 5.91 Å². The number of hydrogen-bond acceptors (Lipinski definition) is 3. The van der Waals surface area contributed by atoms with E-state index in [-0.39, 0.29) is 11.9 Å². The van der Waals surface area contributed by atoms with Crippen LogP contribution >= 0.6 is 15.9 Å². The van der Waals surface area contributed by atoms with Gasteiger partial charge < -0.3 is 10.6 Å². The number of anilines is 1. The van der Waals surface area contributed by atoms with Crippen LogP contribution in [0.3, 0.4) is 0 Å². The zero-order valence-electron chi connectivity index (χ0n) is 11.7. The van der Waals surface area contributed by atoms with Crippen LogP contribution < -0.4 is 10.6 Å². The molecular weight excluding hydrogens is 318 g/mol. The number of likely N-dealkylation sites (N-methyl/N-ethyl adjacent to an activating group) is 1. The molecule has 1 amide bonds. The molecule has 20 heavy (non-hydrogen) atoms. The first kappa shape index (κ1) is 14.0. The van der Waals surface area contributed by atoms with Crippen LogP contribution in [0.5, 0.6) is 0 Å². The number of rotatable bonds is 4. The van der Waals surface area contributed by atoms with E-state index < -0.39 is 0 Å². The van der Waals surface area contributed by atoms with Gasteiger partial charge >= 0.3 is 0 Å². The lowest BCUT2D eigenvalue weighted by molar-refractivity contribution is -0.117. The van der Waals surface area contributed by atoms with Crippen molar-refractivity contribution >= 4 is 27.5 Å². The van der Waals surface area contributed by atoms with Gasteiger partial charge in [0, 0.05) is 28.3 Å². The lowest BCUT2D eigenvalue weighted by atomic mass is 10.1. The van der Waals surface area contributed by atoms with Crippen LogP contribution in [0.2, 0.25) is 0 Å². The molecular formula is C15H20BrN3O. The average molecular weight is 338 g/mol. The van der Waals surface area contributed by atoms with Gasteiger partial charge in [0.25, 0.3) is 0 Å². The van der Waals surface area contributed by atoms with Gasteiger partial charge in [-0.15, -0.1) is 0 Å². The van der Waals surface area contributed by atoms with Gasteiger partial charge in [-0.25, -0.2) is 0 Å². The molecule has 1 saturated heterocycles. The molecule has 0 radical (unpaired) electrons. The Balaban J connectivity index is 1.69. The lowest BCUT2D eigenvalue weighted by Gasteiger charge is -2.24. The SMILES string of the molecule is CCN1CCCC1CNC1C(=O)Nc2ccc(Br)cc21. The van der Waals surface area contributed by atoms with E-state index in [1.54, 1.807) is 0 Å². The fourth-order valence-corrected chi connectivity index (χ4v) is 3.61. The van der Waals surface area contributed by atoms with Gasteiger partial charge in [0.05, 0.1) is 0 Å². The molecule has 108 valence electrons. The van der Waals surface area contributed by atoms with Crippen LogP contribution in [-0.4, -0.2) is 36.5 Å². The highest BCUT2D eigenvalue weighted by Crippen LogP contribution is 2.33. The third kappa shape index (κ3) is 2.62. The van der Waals surface area contributed by atoms with Crippen molar-refractivity contribution in [3.05, 3.63) is 28.2 Å². The zero-order chi connectivity index (χ0) is 14.1. The third-order valence-corrected chi connectivity index (χ3v) is 4.80. The smallest absolute Gasteiger partial charge is 0.246 e. The maximum absolute atomic E-state index is 12.1. The number of fused-ring (bicyclic) bond motifs is 1. The van der Waals surface area contributed by atoms with Crippen LogP contribution in [0, 0.1) is 0 Å². The number of nitrogens with one attached hydrogen (secondary N) is 2. The van der Waals surface area contributed by atoms with E-state index in [0.29, 0.717) is 6.04 Å². The number of nitrogens with zero attached hydrogens (tertiary/aromatic N) is 1. The molecule has 2 unspecified atom stereocenters. The van der Waals surface area contributed by atoms with Crippen LogP contribution in [0.1, 0.15) is 31.4 Å². The number of carbonyl (C=O) groups excluding carboxylic acids is 1. The molecule has 0 aromatic heterocycles. The van der Waals surface area contributed by atoms with Crippen molar-refractivity contribution in [3.63, 3.8) is 0 Å². The molecule has 4 nitrogen and oxygen atoms in total. The topological polar surface area (TPSA) is 44.4 Å². The van der Waals surface area contributed by atoms with Gasteiger partial charge in [0.15, 0.2) is 0 Å². The number of halogens is 1. The Labute approximate surface area is 128 Å². The normalized spacial score (nSPS) is 25.8. The summed E-state index contributed by atoms with van der Waals surface area (Å²) in [6.07, 6.45) is 2.49. The molecule has 2 N–H and O–H groups in total. The predicted octanol–water partition coefficient (Wildman–Crippen LogP) is 2.52. The minimum atomic E-state index is -0.221. The Hall–Kier alpha value is -0.910. The minimum absolute atomic E-state index is 0.0548. The maximum atomic E-state index is 12.1. The summed E-state index contributed by atoms with van der Waals surface area (Å²) < 4.78 is 1.01.